The predicted molar refractivity (Wildman–Crippen MR) is 117 cm³/mol. The highest BCUT2D eigenvalue weighted by molar-refractivity contribution is 6.26. The molecule has 176 valence electrons. The van der Waals surface area contributed by atoms with E-state index in [0.717, 1.165) is 0 Å². The van der Waals surface area contributed by atoms with E-state index in [4.69, 9.17) is 11.6 Å². The summed E-state index contributed by atoms with van der Waals surface area (Å²) < 4.78 is 13.0. The zero-order chi connectivity index (χ0) is 24.5. The molecule has 0 fully saturated rings. The molecule has 0 unspecified atom stereocenters. The molecule has 0 amide bonds. The predicted octanol–water partition coefficient (Wildman–Crippen LogP) is -0.642. The maximum Gasteiger partial charge on any atom is 0.325 e. The third-order valence-corrected chi connectivity index (χ3v) is 4.30. The van der Waals surface area contributed by atoms with Crippen LogP contribution in [0.3, 0.4) is 0 Å². The number of alkyl halides is 1. The van der Waals surface area contributed by atoms with E-state index in [0.29, 0.717) is 22.3 Å². The second kappa shape index (κ2) is 11.5. The number of rotatable bonds is 3. The molecule has 4 aromatic rings. The summed E-state index contributed by atoms with van der Waals surface area (Å²) in [7, 11) is 6.02. The molecule has 14 nitrogen and oxygen atoms in total. The van der Waals surface area contributed by atoms with E-state index in [1.807, 2.05) is 0 Å². The summed E-state index contributed by atoms with van der Waals surface area (Å²) in [6, 6.07) is 0. The molecule has 0 spiro atoms. The lowest BCUT2D eigenvalue weighted by atomic mass is 10.5. The number of carbonyl (C=O) groups is 2. The molecular formula is C18H21ClN8O6. The number of aromatic amines is 1. The first-order valence-corrected chi connectivity index (χ1v) is 9.67. The van der Waals surface area contributed by atoms with E-state index in [1.54, 1.807) is 29.6 Å². The van der Waals surface area contributed by atoms with Crippen molar-refractivity contribution in [2.24, 2.45) is 14.1 Å². The SMILES string of the molecule is COC(=O)CCl.COC(=O)Cn1cnc2ncn(C)c2c1=O.Cn1cnc2nc[nH]c(=O)c21. The van der Waals surface area contributed by atoms with Gasteiger partial charge in [-0.15, -0.1) is 11.6 Å². The lowest BCUT2D eigenvalue weighted by Gasteiger charge is -2.03. The van der Waals surface area contributed by atoms with E-state index < -0.39 is 11.9 Å². The Labute approximate surface area is 190 Å². The summed E-state index contributed by atoms with van der Waals surface area (Å²) in [6.07, 6.45) is 5.70. The number of imidazole rings is 2. The number of nitrogens with one attached hydrogen (secondary N) is 1. The quantitative estimate of drug-likeness (QED) is 0.294. The van der Waals surface area contributed by atoms with Crippen LogP contribution in [0.2, 0.25) is 0 Å². The molecule has 33 heavy (non-hydrogen) atoms. The van der Waals surface area contributed by atoms with E-state index in [2.05, 4.69) is 34.4 Å². The first-order valence-electron chi connectivity index (χ1n) is 9.14. The second-order valence-corrected chi connectivity index (χ2v) is 6.52. The Balaban J connectivity index is 0.000000196. The molecule has 0 aliphatic rings. The molecule has 0 atom stereocenters. The minimum atomic E-state index is -0.495. The van der Waals surface area contributed by atoms with Crippen molar-refractivity contribution < 1.29 is 19.1 Å². The zero-order valence-electron chi connectivity index (χ0n) is 18.2. The molecule has 4 heterocycles. The number of ether oxygens (including phenoxy) is 2. The lowest BCUT2D eigenvalue weighted by molar-refractivity contribution is -0.141. The van der Waals surface area contributed by atoms with Crippen LogP contribution in [0.4, 0.5) is 0 Å². The minimum Gasteiger partial charge on any atom is -0.468 e. The minimum absolute atomic E-state index is 0.0590. The fourth-order valence-corrected chi connectivity index (χ4v) is 2.55. The molecule has 0 aromatic carbocycles. The van der Waals surface area contributed by atoms with Crippen LogP contribution in [-0.2, 0) is 39.7 Å². The van der Waals surface area contributed by atoms with Crippen molar-refractivity contribution in [3.8, 4) is 0 Å². The van der Waals surface area contributed by atoms with Crippen LogP contribution in [0.5, 0.6) is 0 Å². The molecule has 4 aromatic heterocycles. The molecule has 15 heteroatoms. The summed E-state index contributed by atoms with van der Waals surface area (Å²) in [4.78, 5) is 62.1. The Hall–Kier alpha value is -4.07. The van der Waals surface area contributed by atoms with Gasteiger partial charge in [-0.05, 0) is 0 Å². The Morgan fingerprint density at radius 3 is 1.97 bits per heavy atom. The number of hydrogen-bond donors (Lipinski definition) is 1. The summed E-state index contributed by atoms with van der Waals surface area (Å²) in [6.45, 7) is -0.149. The summed E-state index contributed by atoms with van der Waals surface area (Å²) in [5.41, 5.74) is 1.26. The normalized spacial score (nSPS) is 10.1. The number of halogens is 1. The van der Waals surface area contributed by atoms with Crippen molar-refractivity contribution in [1.82, 2.24) is 38.6 Å². The van der Waals surface area contributed by atoms with Gasteiger partial charge in [0.05, 0.1) is 33.2 Å². The number of methoxy groups -OCH3 is 2. The Kier molecular flexibility index (Phi) is 8.80. The Morgan fingerprint density at radius 1 is 0.909 bits per heavy atom. The van der Waals surface area contributed by atoms with Gasteiger partial charge in [-0.25, -0.2) is 19.9 Å². The van der Waals surface area contributed by atoms with Crippen LogP contribution >= 0.6 is 11.6 Å². The van der Waals surface area contributed by atoms with E-state index in [-0.39, 0.29) is 23.5 Å². The fraction of sp³-hybridized carbons (Fsp3) is 0.333. The first kappa shape index (κ1) is 25.2. The average molecular weight is 481 g/mol. The topological polar surface area (TPSA) is 169 Å². The largest absolute Gasteiger partial charge is 0.468 e. The number of carbonyl (C=O) groups excluding carboxylic acids is 2. The zero-order valence-corrected chi connectivity index (χ0v) is 18.9. The molecule has 0 aliphatic carbocycles. The van der Waals surface area contributed by atoms with Gasteiger partial charge in [-0.2, -0.15) is 0 Å². The van der Waals surface area contributed by atoms with Crippen molar-refractivity contribution in [3.05, 3.63) is 46.0 Å². The molecule has 0 bridgehead atoms. The van der Waals surface area contributed by atoms with Crippen molar-refractivity contribution in [1.29, 1.82) is 0 Å². The van der Waals surface area contributed by atoms with Crippen LogP contribution < -0.4 is 11.1 Å². The van der Waals surface area contributed by atoms with Gasteiger partial charge >= 0.3 is 11.9 Å². The second-order valence-electron chi connectivity index (χ2n) is 6.25. The molecule has 4 rings (SSSR count). The Morgan fingerprint density at radius 2 is 1.45 bits per heavy atom. The number of aryl methyl sites for hydroxylation is 2. The smallest absolute Gasteiger partial charge is 0.325 e. The number of nitrogens with zero attached hydrogens (tertiary/aromatic N) is 7. The van der Waals surface area contributed by atoms with Crippen LogP contribution in [0, 0.1) is 0 Å². The average Bonchev–Trinajstić information content (AvgIpc) is 3.39. The number of fused-ring (bicyclic) bond motifs is 2. The van der Waals surface area contributed by atoms with Crippen LogP contribution in [0.25, 0.3) is 22.3 Å². The van der Waals surface area contributed by atoms with E-state index in [9.17, 15) is 19.2 Å². The van der Waals surface area contributed by atoms with Crippen molar-refractivity contribution >= 4 is 45.9 Å². The lowest BCUT2D eigenvalue weighted by Crippen LogP contribution is -2.26. The number of H-pyrrole nitrogens is 1. The van der Waals surface area contributed by atoms with Crippen LogP contribution in [0.15, 0.2) is 34.9 Å². The number of hydrogen-bond acceptors (Lipinski definition) is 10. The van der Waals surface area contributed by atoms with Gasteiger partial charge in [0.2, 0.25) is 0 Å². The van der Waals surface area contributed by atoms with Crippen molar-refractivity contribution in [2.45, 2.75) is 6.54 Å². The number of aromatic nitrogens is 8. The first-order chi connectivity index (χ1) is 15.7. The molecule has 0 aliphatic heterocycles. The molecule has 1 N–H and O–H groups in total. The fourth-order valence-electron chi connectivity index (χ4n) is 2.44. The van der Waals surface area contributed by atoms with Crippen LogP contribution in [0.1, 0.15) is 0 Å². The highest BCUT2D eigenvalue weighted by Crippen LogP contribution is 2.02. The molecule has 0 radical (unpaired) electrons. The Bertz CT molecular complexity index is 1370. The van der Waals surface area contributed by atoms with Gasteiger partial charge in [-0.1, -0.05) is 0 Å². The van der Waals surface area contributed by atoms with Gasteiger partial charge < -0.3 is 23.6 Å². The van der Waals surface area contributed by atoms with Gasteiger partial charge in [0, 0.05) is 14.1 Å². The molecule has 0 saturated carbocycles. The van der Waals surface area contributed by atoms with Gasteiger partial charge in [0.15, 0.2) is 22.3 Å². The monoisotopic (exact) mass is 480 g/mol. The number of esters is 2. The highest BCUT2D eigenvalue weighted by Gasteiger charge is 2.11. The van der Waals surface area contributed by atoms with E-state index in [1.165, 1.54) is 37.8 Å². The third-order valence-electron chi connectivity index (χ3n) is 4.08. The highest BCUT2D eigenvalue weighted by atomic mass is 35.5. The standard InChI is InChI=1S/C9H10N4O3.C6H6N4O.C3H5ClO2/c1-12-4-10-8-7(12)9(15)13(5-11-8)3-6(14)16-2;1-10-3-9-5-4(10)6(11)8-2-7-5;1-6-3(5)2-4/h4-5H,3H2,1-2H3;2-3H,1H3,(H,7,8,11);2H2,1H3. The summed E-state index contributed by atoms with van der Waals surface area (Å²) in [5.74, 6) is -0.946. The summed E-state index contributed by atoms with van der Waals surface area (Å²) in [5, 5.41) is 0. The van der Waals surface area contributed by atoms with Gasteiger partial charge in [0.25, 0.3) is 11.1 Å². The summed E-state index contributed by atoms with van der Waals surface area (Å²) >= 11 is 4.98. The molecular weight excluding hydrogens is 460 g/mol. The van der Waals surface area contributed by atoms with Crippen molar-refractivity contribution in [3.63, 3.8) is 0 Å². The maximum atomic E-state index is 11.9. The van der Waals surface area contributed by atoms with Gasteiger partial charge in [0.1, 0.15) is 18.8 Å². The van der Waals surface area contributed by atoms with Crippen molar-refractivity contribution in [2.75, 3.05) is 20.1 Å². The molecule has 0 saturated heterocycles. The third kappa shape index (κ3) is 6.22. The van der Waals surface area contributed by atoms with Gasteiger partial charge in [-0.3, -0.25) is 23.7 Å². The maximum absolute atomic E-state index is 11.9. The van der Waals surface area contributed by atoms with Crippen LogP contribution in [-0.4, -0.2) is 70.7 Å². The van der Waals surface area contributed by atoms with E-state index >= 15 is 0 Å².